The summed E-state index contributed by atoms with van der Waals surface area (Å²) in [6.45, 7) is 4.58. The van der Waals surface area contributed by atoms with Crippen molar-refractivity contribution in [1.29, 1.82) is 0 Å². The minimum atomic E-state index is 0.607. The number of aromatic nitrogens is 4. The molecule has 7 heteroatoms. The summed E-state index contributed by atoms with van der Waals surface area (Å²) < 4.78 is 13.5. The summed E-state index contributed by atoms with van der Waals surface area (Å²) in [4.78, 5) is 8.78. The van der Waals surface area contributed by atoms with Crippen LogP contribution < -0.4 is 14.8 Å². The lowest BCUT2D eigenvalue weighted by Gasteiger charge is -2.13. The molecule has 2 aromatic carbocycles. The fourth-order valence-corrected chi connectivity index (χ4v) is 3.45. The summed E-state index contributed by atoms with van der Waals surface area (Å²) >= 11 is 0. The Hall–Kier alpha value is -4.13. The van der Waals surface area contributed by atoms with Crippen molar-refractivity contribution in [3.63, 3.8) is 0 Å². The zero-order valence-electron chi connectivity index (χ0n) is 17.2. The van der Waals surface area contributed by atoms with E-state index < -0.39 is 0 Å². The molecule has 0 unspecified atom stereocenters. The fraction of sp³-hybridized carbons (Fsp3) is 0.125. The third-order valence-electron chi connectivity index (χ3n) is 4.95. The normalized spacial score (nSPS) is 11.0. The van der Waals surface area contributed by atoms with Gasteiger partial charge in [0.2, 0.25) is 0 Å². The van der Waals surface area contributed by atoms with Crippen molar-refractivity contribution >= 4 is 27.9 Å². The van der Waals surface area contributed by atoms with Crippen LogP contribution in [0.4, 0.5) is 11.5 Å². The lowest BCUT2D eigenvalue weighted by Crippen LogP contribution is -1.98. The largest absolute Gasteiger partial charge is 0.494 e. The molecule has 0 bridgehead atoms. The van der Waals surface area contributed by atoms with Crippen LogP contribution in [-0.4, -0.2) is 26.2 Å². The molecule has 0 aliphatic carbocycles. The van der Waals surface area contributed by atoms with Crippen LogP contribution in [0.3, 0.4) is 0 Å². The molecule has 0 fully saturated rings. The van der Waals surface area contributed by atoms with Gasteiger partial charge in [-0.2, -0.15) is 5.10 Å². The molecule has 0 atom stereocenters. The van der Waals surface area contributed by atoms with Crippen LogP contribution in [0.1, 0.15) is 12.5 Å². The van der Waals surface area contributed by atoms with Crippen LogP contribution >= 0.6 is 0 Å². The second-order valence-electron chi connectivity index (χ2n) is 7.11. The van der Waals surface area contributed by atoms with Gasteiger partial charge in [0.05, 0.1) is 23.8 Å². The van der Waals surface area contributed by atoms with Gasteiger partial charge in [-0.05, 0) is 74.0 Å². The highest BCUT2D eigenvalue weighted by molar-refractivity contribution is 5.91. The van der Waals surface area contributed by atoms with E-state index in [1.165, 1.54) is 0 Å². The van der Waals surface area contributed by atoms with Crippen molar-refractivity contribution in [3.05, 3.63) is 78.9 Å². The van der Waals surface area contributed by atoms with Crippen molar-refractivity contribution < 1.29 is 9.47 Å². The average Bonchev–Trinajstić information content (AvgIpc) is 3.24. The summed E-state index contributed by atoms with van der Waals surface area (Å²) in [6, 6.07) is 17.6. The van der Waals surface area contributed by atoms with Gasteiger partial charge in [-0.1, -0.05) is 0 Å². The van der Waals surface area contributed by atoms with Crippen molar-refractivity contribution in [2.45, 2.75) is 13.8 Å². The number of nitrogens with one attached hydrogen (secondary N) is 1. The molecule has 5 aromatic rings. The van der Waals surface area contributed by atoms with E-state index in [0.29, 0.717) is 6.61 Å². The van der Waals surface area contributed by atoms with Crippen LogP contribution in [0, 0.1) is 6.92 Å². The van der Waals surface area contributed by atoms with Gasteiger partial charge < -0.3 is 14.8 Å². The van der Waals surface area contributed by atoms with E-state index in [1.54, 1.807) is 17.0 Å². The van der Waals surface area contributed by atoms with Gasteiger partial charge in [0.1, 0.15) is 29.4 Å². The Morgan fingerprint density at radius 1 is 0.968 bits per heavy atom. The third kappa shape index (κ3) is 3.85. The Bertz CT molecular complexity index is 1380. The summed E-state index contributed by atoms with van der Waals surface area (Å²) in [5.74, 6) is 3.03. The molecule has 3 heterocycles. The van der Waals surface area contributed by atoms with Crippen molar-refractivity contribution in [1.82, 2.24) is 19.6 Å². The van der Waals surface area contributed by atoms with Crippen molar-refractivity contribution in [3.8, 4) is 17.2 Å². The maximum Gasteiger partial charge on any atom is 0.145 e. The van der Waals surface area contributed by atoms with E-state index in [0.717, 1.165) is 50.7 Å². The Balaban J connectivity index is 1.40. The molecule has 0 aliphatic rings. The maximum atomic E-state index is 6.07. The third-order valence-corrected chi connectivity index (χ3v) is 4.95. The van der Waals surface area contributed by atoms with Crippen molar-refractivity contribution in [2.75, 3.05) is 11.9 Å². The Morgan fingerprint density at radius 2 is 1.87 bits per heavy atom. The molecule has 7 nitrogen and oxygen atoms in total. The number of nitrogens with zero attached hydrogens (tertiary/aromatic N) is 4. The zero-order chi connectivity index (χ0) is 21.2. The highest BCUT2D eigenvalue weighted by atomic mass is 16.5. The molecule has 31 heavy (non-hydrogen) atoms. The van der Waals surface area contributed by atoms with Crippen LogP contribution in [0.25, 0.3) is 16.4 Å². The predicted molar refractivity (Wildman–Crippen MR) is 120 cm³/mol. The number of anilines is 2. The van der Waals surface area contributed by atoms with Crippen LogP contribution in [0.2, 0.25) is 0 Å². The van der Waals surface area contributed by atoms with E-state index in [9.17, 15) is 0 Å². The lowest BCUT2D eigenvalue weighted by molar-refractivity contribution is 0.340. The summed E-state index contributed by atoms with van der Waals surface area (Å²) in [6.07, 6.45) is 5.18. The van der Waals surface area contributed by atoms with Gasteiger partial charge in [-0.15, -0.1) is 0 Å². The number of hydrogen-bond donors (Lipinski definition) is 1. The molecular formula is C24H21N5O2. The topological polar surface area (TPSA) is 73.6 Å². The van der Waals surface area contributed by atoms with Crippen LogP contribution in [0.5, 0.6) is 17.2 Å². The molecule has 154 valence electrons. The molecule has 0 radical (unpaired) electrons. The molecule has 0 aliphatic heterocycles. The SMILES string of the molecule is CCOc1ccc2ncnc(Nc3ccc(Oc4ccc5ccnn5c4)c(C)c3)c2c1. The highest BCUT2D eigenvalue weighted by Crippen LogP contribution is 2.31. The molecule has 3 aromatic heterocycles. The smallest absolute Gasteiger partial charge is 0.145 e. The van der Waals surface area contributed by atoms with Crippen molar-refractivity contribution in [2.24, 2.45) is 0 Å². The molecule has 1 N–H and O–H groups in total. The van der Waals surface area contributed by atoms with Crippen LogP contribution in [0.15, 0.2) is 73.3 Å². The standard InChI is InChI=1S/C24H21N5O2/c1-3-30-19-7-8-22-21(13-19)24(26-15-25-22)28-17-4-9-23(16(2)12-17)31-20-6-5-18-10-11-27-29(18)14-20/h4-15H,3H2,1-2H3,(H,25,26,28). The summed E-state index contributed by atoms with van der Waals surface area (Å²) in [5, 5.41) is 8.55. The van der Waals surface area contributed by atoms with Gasteiger partial charge in [-0.25, -0.2) is 14.5 Å². The number of pyridine rings is 1. The maximum absolute atomic E-state index is 6.07. The lowest BCUT2D eigenvalue weighted by atomic mass is 10.2. The molecule has 0 saturated carbocycles. The first kappa shape index (κ1) is 18.9. The first-order valence-corrected chi connectivity index (χ1v) is 10.1. The second-order valence-corrected chi connectivity index (χ2v) is 7.11. The van der Waals surface area contributed by atoms with Gasteiger partial charge in [0, 0.05) is 17.3 Å². The van der Waals surface area contributed by atoms with Gasteiger partial charge in [0.25, 0.3) is 0 Å². The minimum Gasteiger partial charge on any atom is -0.494 e. The molecule has 0 saturated heterocycles. The molecule has 0 spiro atoms. The first-order chi connectivity index (χ1) is 15.2. The highest BCUT2D eigenvalue weighted by Gasteiger charge is 2.09. The second kappa shape index (κ2) is 7.95. The van der Waals surface area contributed by atoms with E-state index in [1.807, 2.05) is 74.6 Å². The van der Waals surface area contributed by atoms with Gasteiger partial charge in [-0.3, -0.25) is 0 Å². The van der Waals surface area contributed by atoms with Gasteiger partial charge in [0.15, 0.2) is 0 Å². The first-order valence-electron chi connectivity index (χ1n) is 10.1. The van der Waals surface area contributed by atoms with Crippen LogP contribution in [-0.2, 0) is 0 Å². The number of rotatable bonds is 6. The summed E-state index contributed by atoms with van der Waals surface area (Å²) in [7, 11) is 0. The number of aryl methyl sites for hydroxylation is 1. The predicted octanol–water partition coefficient (Wildman–Crippen LogP) is 5.52. The average molecular weight is 411 g/mol. The number of benzene rings is 2. The Kier molecular flexibility index (Phi) is 4.84. The molecular weight excluding hydrogens is 390 g/mol. The number of ether oxygens (including phenoxy) is 2. The number of fused-ring (bicyclic) bond motifs is 2. The Labute approximate surface area is 179 Å². The molecule has 0 amide bonds. The van der Waals surface area contributed by atoms with E-state index in [-0.39, 0.29) is 0 Å². The Morgan fingerprint density at radius 3 is 2.74 bits per heavy atom. The molecule has 5 rings (SSSR count). The van der Waals surface area contributed by atoms with Gasteiger partial charge >= 0.3 is 0 Å². The zero-order valence-corrected chi connectivity index (χ0v) is 17.2. The quantitative estimate of drug-likeness (QED) is 0.397. The fourth-order valence-electron chi connectivity index (χ4n) is 3.45. The minimum absolute atomic E-state index is 0.607. The summed E-state index contributed by atoms with van der Waals surface area (Å²) in [5.41, 5.74) is 3.79. The number of hydrogen-bond acceptors (Lipinski definition) is 6. The monoisotopic (exact) mass is 411 g/mol. The van der Waals surface area contributed by atoms with E-state index in [4.69, 9.17) is 9.47 Å². The van der Waals surface area contributed by atoms with E-state index in [2.05, 4.69) is 20.4 Å². The van der Waals surface area contributed by atoms with E-state index >= 15 is 0 Å².